The molecule has 1 aromatic carbocycles. The molecule has 18 heavy (non-hydrogen) atoms. The summed E-state index contributed by atoms with van der Waals surface area (Å²) in [5.74, 6) is 0. The molecule has 0 amide bonds. The molecule has 0 aliphatic heterocycles. The molecule has 2 aromatic heterocycles. The fourth-order valence-electron chi connectivity index (χ4n) is 2.11. The Kier molecular flexibility index (Phi) is 2.13. The van der Waals surface area contributed by atoms with Crippen molar-refractivity contribution in [2.75, 3.05) is 0 Å². The van der Waals surface area contributed by atoms with E-state index in [1.807, 2.05) is 13.8 Å². The van der Waals surface area contributed by atoms with Gasteiger partial charge in [0.2, 0.25) is 0 Å². The monoisotopic (exact) mass is 240 g/mol. The van der Waals surface area contributed by atoms with Crippen LogP contribution in [0.2, 0.25) is 0 Å². The Morgan fingerprint density at radius 1 is 0.778 bits per heavy atom. The van der Waals surface area contributed by atoms with Crippen molar-refractivity contribution < 1.29 is 0 Å². The molecule has 0 unspecified atom stereocenters. The fraction of sp³-hybridized carbons (Fsp3) is 0.143. The van der Waals surface area contributed by atoms with E-state index in [2.05, 4.69) is 0 Å². The van der Waals surface area contributed by atoms with Gasteiger partial charge in [-0.05, 0) is 37.1 Å². The number of fused-ring (bicyclic) bond motifs is 2. The third kappa shape index (κ3) is 1.32. The van der Waals surface area contributed by atoms with E-state index in [1.54, 1.807) is 36.7 Å². The predicted octanol–water partition coefficient (Wildman–Crippen LogP) is 1.53. The zero-order valence-corrected chi connectivity index (χ0v) is 10.2. The lowest BCUT2D eigenvalue weighted by molar-refractivity contribution is 0.730. The van der Waals surface area contributed by atoms with E-state index in [0.29, 0.717) is 10.8 Å². The van der Waals surface area contributed by atoms with Gasteiger partial charge in [-0.25, -0.2) is 9.03 Å². The summed E-state index contributed by atoms with van der Waals surface area (Å²) in [6.45, 7) is 3.84. The Labute approximate surface area is 103 Å². The minimum atomic E-state index is -0.173. The molecular weight excluding hydrogens is 228 g/mol. The Morgan fingerprint density at radius 2 is 1.17 bits per heavy atom. The molecule has 0 N–H and O–H groups in total. The van der Waals surface area contributed by atoms with Gasteiger partial charge in [-0.1, -0.05) is 12.1 Å². The van der Waals surface area contributed by atoms with Crippen LogP contribution in [-0.4, -0.2) is 9.03 Å². The normalized spacial score (nSPS) is 11.2. The highest BCUT2D eigenvalue weighted by Gasteiger charge is 2.08. The lowest BCUT2D eigenvalue weighted by Gasteiger charge is -2.08. The van der Waals surface area contributed by atoms with Crippen LogP contribution in [0.5, 0.6) is 0 Å². The van der Waals surface area contributed by atoms with E-state index in [1.165, 1.54) is 9.03 Å². The zero-order valence-electron chi connectivity index (χ0n) is 10.2. The van der Waals surface area contributed by atoms with Crippen LogP contribution in [-0.2, 0) is 0 Å². The van der Waals surface area contributed by atoms with Crippen LogP contribution in [0, 0.1) is 13.8 Å². The van der Waals surface area contributed by atoms with Crippen molar-refractivity contribution >= 4 is 10.8 Å². The Morgan fingerprint density at radius 3 is 1.56 bits per heavy atom. The molecule has 2 heterocycles. The average Bonchev–Trinajstić information content (AvgIpc) is 2.38. The predicted molar refractivity (Wildman–Crippen MR) is 70.4 cm³/mol. The summed E-state index contributed by atoms with van der Waals surface area (Å²) < 4.78 is 2.74. The molecule has 3 rings (SSSR count). The molecule has 0 radical (unpaired) electrons. The van der Waals surface area contributed by atoms with Crippen LogP contribution in [0.3, 0.4) is 0 Å². The maximum Gasteiger partial charge on any atom is 0.277 e. The third-order valence-electron chi connectivity index (χ3n) is 3.29. The van der Waals surface area contributed by atoms with E-state index in [4.69, 9.17) is 0 Å². The molecule has 0 bridgehead atoms. The van der Waals surface area contributed by atoms with Crippen LogP contribution >= 0.6 is 0 Å². The lowest BCUT2D eigenvalue weighted by atomic mass is 10.2. The number of benzene rings is 1. The topological polar surface area (TPSA) is 43.0 Å². The molecule has 3 aromatic rings. The molecule has 0 aliphatic carbocycles. The standard InChI is InChI=1S/C14H12N2O2/c1-9-7-15-13(17)11-5-3-4-6-12(11)14(18)16(15)8-10(9)2/h3-8H,1-2H3. The minimum absolute atomic E-state index is 0.173. The van der Waals surface area contributed by atoms with Crippen molar-refractivity contribution in [1.29, 1.82) is 0 Å². The van der Waals surface area contributed by atoms with Crippen LogP contribution in [0.15, 0.2) is 46.2 Å². The summed E-state index contributed by atoms with van der Waals surface area (Å²) in [7, 11) is 0. The first-order valence-electron chi connectivity index (χ1n) is 5.73. The highest BCUT2D eigenvalue weighted by atomic mass is 16.2. The van der Waals surface area contributed by atoms with Gasteiger partial charge >= 0.3 is 0 Å². The molecule has 0 spiro atoms. The Bertz CT molecular complexity index is 814. The second-order valence-corrected chi connectivity index (χ2v) is 4.47. The van der Waals surface area contributed by atoms with Crippen molar-refractivity contribution in [3.63, 3.8) is 0 Å². The highest BCUT2D eigenvalue weighted by Crippen LogP contribution is 2.06. The first kappa shape index (κ1) is 10.8. The molecule has 0 aliphatic rings. The van der Waals surface area contributed by atoms with Gasteiger partial charge in [-0.15, -0.1) is 0 Å². The van der Waals surface area contributed by atoms with Gasteiger partial charge in [-0.2, -0.15) is 0 Å². The van der Waals surface area contributed by atoms with E-state index >= 15 is 0 Å². The molecule has 0 atom stereocenters. The van der Waals surface area contributed by atoms with Crippen molar-refractivity contribution in [2.45, 2.75) is 13.8 Å². The second kappa shape index (κ2) is 3.57. The van der Waals surface area contributed by atoms with E-state index in [0.717, 1.165) is 11.1 Å². The molecule has 0 saturated heterocycles. The quantitative estimate of drug-likeness (QED) is 0.559. The number of aromatic nitrogens is 2. The van der Waals surface area contributed by atoms with Gasteiger partial charge in [0.05, 0.1) is 10.8 Å². The van der Waals surface area contributed by atoms with Gasteiger partial charge in [0, 0.05) is 12.4 Å². The largest absolute Gasteiger partial charge is 0.277 e. The van der Waals surface area contributed by atoms with Crippen LogP contribution in [0.25, 0.3) is 10.8 Å². The number of hydrogen-bond donors (Lipinski definition) is 0. The van der Waals surface area contributed by atoms with Gasteiger partial charge in [0.15, 0.2) is 0 Å². The van der Waals surface area contributed by atoms with Crippen molar-refractivity contribution in [3.05, 3.63) is 68.5 Å². The number of nitrogens with zero attached hydrogens (tertiary/aromatic N) is 2. The van der Waals surface area contributed by atoms with Crippen molar-refractivity contribution in [3.8, 4) is 0 Å². The highest BCUT2D eigenvalue weighted by molar-refractivity contribution is 5.80. The summed E-state index contributed by atoms with van der Waals surface area (Å²) >= 11 is 0. The van der Waals surface area contributed by atoms with Gasteiger partial charge < -0.3 is 0 Å². The SMILES string of the molecule is Cc1cn2c(=O)c3ccccc3c(=O)n2cc1C. The lowest BCUT2D eigenvalue weighted by Crippen LogP contribution is -2.30. The minimum Gasteiger partial charge on any atom is -0.267 e. The number of rotatable bonds is 0. The first-order chi connectivity index (χ1) is 8.59. The van der Waals surface area contributed by atoms with E-state index in [9.17, 15) is 9.59 Å². The molecule has 4 heteroatoms. The summed E-state index contributed by atoms with van der Waals surface area (Å²) in [4.78, 5) is 24.6. The number of aryl methyl sites for hydroxylation is 2. The number of hydrogen-bond acceptors (Lipinski definition) is 2. The van der Waals surface area contributed by atoms with Crippen molar-refractivity contribution in [2.24, 2.45) is 0 Å². The smallest absolute Gasteiger partial charge is 0.267 e. The molecular formula is C14H12N2O2. The zero-order chi connectivity index (χ0) is 12.9. The van der Waals surface area contributed by atoms with Crippen LogP contribution in [0.1, 0.15) is 11.1 Å². The summed E-state index contributed by atoms with van der Waals surface area (Å²) in [6, 6.07) is 6.89. The summed E-state index contributed by atoms with van der Waals surface area (Å²) in [5, 5.41) is 0.909. The molecule has 90 valence electrons. The Balaban J connectivity index is 2.72. The molecule has 4 nitrogen and oxygen atoms in total. The van der Waals surface area contributed by atoms with Crippen LogP contribution < -0.4 is 11.1 Å². The summed E-state index contributed by atoms with van der Waals surface area (Å²) in [5.41, 5.74) is 1.61. The molecule has 0 fully saturated rings. The van der Waals surface area contributed by atoms with Gasteiger partial charge in [-0.3, -0.25) is 9.59 Å². The van der Waals surface area contributed by atoms with Crippen LogP contribution in [0.4, 0.5) is 0 Å². The van der Waals surface area contributed by atoms with Gasteiger partial charge in [0.1, 0.15) is 0 Å². The van der Waals surface area contributed by atoms with Gasteiger partial charge in [0.25, 0.3) is 11.1 Å². The van der Waals surface area contributed by atoms with E-state index in [-0.39, 0.29) is 11.1 Å². The molecule has 0 saturated carbocycles. The third-order valence-corrected chi connectivity index (χ3v) is 3.29. The maximum atomic E-state index is 12.3. The fourth-order valence-corrected chi connectivity index (χ4v) is 2.11. The van der Waals surface area contributed by atoms with E-state index < -0.39 is 0 Å². The maximum absolute atomic E-state index is 12.3. The summed E-state index contributed by atoms with van der Waals surface area (Å²) in [6.07, 6.45) is 3.40. The Hall–Kier alpha value is -2.36. The first-order valence-corrected chi connectivity index (χ1v) is 5.73. The second-order valence-electron chi connectivity index (χ2n) is 4.47. The average molecular weight is 240 g/mol. The van der Waals surface area contributed by atoms with Crippen molar-refractivity contribution in [1.82, 2.24) is 9.03 Å².